The summed E-state index contributed by atoms with van der Waals surface area (Å²) < 4.78 is 5.11. The Kier molecular flexibility index (Phi) is 2.50. The van der Waals surface area contributed by atoms with Crippen LogP contribution in [0, 0.1) is 0 Å². The Bertz CT molecular complexity index is 240. The Morgan fingerprint density at radius 2 is 2.23 bits per heavy atom. The second-order valence-corrected chi connectivity index (χ2v) is 4.06. The minimum absolute atomic E-state index is 0.228. The van der Waals surface area contributed by atoms with Crippen LogP contribution in [0.1, 0.15) is 20.8 Å². The SMILES string of the molecule is CC(C)(C)OC(=O)N1CC=C(O)C1. The molecule has 0 aromatic carbocycles. The zero-order chi connectivity index (χ0) is 10.1. The van der Waals surface area contributed by atoms with Gasteiger partial charge in [-0.25, -0.2) is 4.79 Å². The molecule has 0 saturated heterocycles. The molecule has 1 amide bonds. The molecular weight excluding hydrogens is 170 g/mol. The molecular formula is C9H15NO3. The van der Waals surface area contributed by atoms with Crippen LogP contribution in [0.3, 0.4) is 0 Å². The van der Waals surface area contributed by atoms with Crippen LogP contribution in [0.5, 0.6) is 0 Å². The van der Waals surface area contributed by atoms with E-state index in [1.54, 1.807) is 6.08 Å². The number of nitrogens with zero attached hydrogens (tertiary/aromatic N) is 1. The second-order valence-electron chi connectivity index (χ2n) is 4.06. The molecule has 74 valence electrons. The van der Waals surface area contributed by atoms with Crippen molar-refractivity contribution in [3.63, 3.8) is 0 Å². The van der Waals surface area contributed by atoms with Gasteiger partial charge < -0.3 is 9.84 Å². The van der Waals surface area contributed by atoms with Crippen molar-refractivity contribution in [1.29, 1.82) is 0 Å². The van der Waals surface area contributed by atoms with Crippen molar-refractivity contribution >= 4 is 6.09 Å². The van der Waals surface area contributed by atoms with Gasteiger partial charge >= 0.3 is 6.09 Å². The van der Waals surface area contributed by atoms with Crippen molar-refractivity contribution in [2.24, 2.45) is 0 Å². The van der Waals surface area contributed by atoms with Crippen molar-refractivity contribution in [1.82, 2.24) is 4.90 Å². The molecule has 1 heterocycles. The third kappa shape index (κ3) is 2.97. The van der Waals surface area contributed by atoms with Gasteiger partial charge in [-0.3, -0.25) is 4.90 Å². The minimum Gasteiger partial charge on any atom is -0.511 e. The first-order chi connectivity index (χ1) is 5.88. The van der Waals surface area contributed by atoms with Crippen molar-refractivity contribution in [2.75, 3.05) is 13.1 Å². The number of ether oxygens (including phenoxy) is 1. The summed E-state index contributed by atoms with van der Waals surface area (Å²) in [5.74, 6) is 0.228. The average Bonchev–Trinajstić information content (AvgIpc) is 2.31. The molecule has 0 fully saturated rings. The third-order valence-electron chi connectivity index (χ3n) is 1.55. The maximum absolute atomic E-state index is 11.4. The van der Waals surface area contributed by atoms with E-state index in [1.165, 1.54) is 4.90 Å². The smallest absolute Gasteiger partial charge is 0.410 e. The van der Waals surface area contributed by atoms with E-state index in [2.05, 4.69) is 0 Å². The van der Waals surface area contributed by atoms with E-state index in [9.17, 15) is 4.79 Å². The lowest BCUT2D eigenvalue weighted by Gasteiger charge is -2.23. The van der Waals surface area contributed by atoms with Crippen molar-refractivity contribution in [3.8, 4) is 0 Å². The Morgan fingerprint density at radius 3 is 2.62 bits per heavy atom. The topological polar surface area (TPSA) is 49.8 Å². The van der Waals surface area contributed by atoms with Crippen LogP contribution >= 0.6 is 0 Å². The summed E-state index contributed by atoms with van der Waals surface area (Å²) in [6, 6.07) is 0. The maximum atomic E-state index is 11.4. The van der Waals surface area contributed by atoms with E-state index in [-0.39, 0.29) is 18.4 Å². The molecule has 4 heteroatoms. The maximum Gasteiger partial charge on any atom is 0.410 e. The van der Waals surface area contributed by atoms with Crippen molar-refractivity contribution in [2.45, 2.75) is 26.4 Å². The summed E-state index contributed by atoms with van der Waals surface area (Å²) in [6.07, 6.45) is 1.22. The van der Waals surface area contributed by atoms with E-state index in [4.69, 9.17) is 9.84 Å². The molecule has 0 atom stereocenters. The highest BCUT2D eigenvalue weighted by molar-refractivity contribution is 5.69. The van der Waals surface area contributed by atoms with Gasteiger partial charge in [-0.05, 0) is 26.8 Å². The number of hydrogen-bond donors (Lipinski definition) is 1. The minimum atomic E-state index is -0.477. The molecule has 0 bridgehead atoms. The molecule has 0 aliphatic carbocycles. The van der Waals surface area contributed by atoms with Gasteiger partial charge in [0.15, 0.2) is 0 Å². The molecule has 1 N–H and O–H groups in total. The Morgan fingerprint density at radius 1 is 1.62 bits per heavy atom. The van der Waals surface area contributed by atoms with Gasteiger partial charge in [-0.15, -0.1) is 0 Å². The van der Waals surface area contributed by atoms with Gasteiger partial charge in [0.1, 0.15) is 11.4 Å². The summed E-state index contributed by atoms with van der Waals surface area (Å²) in [5.41, 5.74) is -0.477. The normalized spacial score (nSPS) is 17.2. The summed E-state index contributed by atoms with van der Waals surface area (Å²) >= 11 is 0. The van der Waals surface area contributed by atoms with E-state index in [0.29, 0.717) is 6.54 Å². The largest absolute Gasteiger partial charge is 0.511 e. The van der Waals surface area contributed by atoms with Crippen LogP contribution in [0.2, 0.25) is 0 Å². The Hall–Kier alpha value is -1.19. The van der Waals surface area contributed by atoms with Crippen LogP contribution < -0.4 is 0 Å². The zero-order valence-electron chi connectivity index (χ0n) is 8.20. The molecule has 0 unspecified atom stereocenters. The number of aliphatic hydroxyl groups is 1. The van der Waals surface area contributed by atoms with Gasteiger partial charge in [0.2, 0.25) is 0 Å². The highest BCUT2D eigenvalue weighted by Crippen LogP contribution is 2.13. The van der Waals surface area contributed by atoms with Crippen LogP contribution in [0.25, 0.3) is 0 Å². The molecule has 1 rings (SSSR count). The lowest BCUT2D eigenvalue weighted by Crippen LogP contribution is -2.35. The Labute approximate surface area is 77.8 Å². The van der Waals surface area contributed by atoms with Gasteiger partial charge in [-0.1, -0.05) is 0 Å². The number of rotatable bonds is 0. The summed E-state index contributed by atoms with van der Waals surface area (Å²) in [5, 5.41) is 9.06. The number of carbonyl (C=O) groups is 1. The van der Waals surface area contributed by atoms with Crippen molar-refractivity contribution < 1.29 is 14.6 Å². The molecule has 0 radical (unpaired) electrons. The fourth-order valence-electron chi connectivity index (χ4n) is 1.01. The molecule has 0 saturated carbocycles. The first-order valence-corrected chi connectivity index (χ1v) is 4.24. The fraction of sp³-hybridized carbons (Fsp3) is 0.667. The molecule has 13 heavy (non-hydrogen) atoms. The molecule has 0 aromatic rings. The monoisotopic (exact) mass is 185 g/mol. The van der Waals surface area contributed by atoms with Crippen LogP contribution in [-0.4, -0.2) is 34.8 Å². The number of hydrogen-bond acceptors (Lipinski definition) is 3. The van der Waals surface area contributed by atoms with E-state index in [0.717, 1.165) is 0 Å². The van der Waals surface area contributed by atoms with E-state index >= 15 is 0 Å². The molecule has 1 aliphatic heterocycles. The summed E-state index contributed by atoms with van der Waals surface area (Å²) in [6.45, 7) is 6.13. The number of amides is 1. The summed E-state index contributed by atoms with van der Waals surface area (Å²) in [4.78, 5) is 12.8. The van der Waals surface area contributed by atoms with Crippen LogP contribution in [0.4, 0.5) is 4.79 Å². The highest BCUT2D eigenvalue weighted by Gasteiger charge is 2.24. The van der Waals surface area contributed by atoms with Gasteiger partial charge in [0.25, 0.3) is 0 Å². The first kappa shape index (κ1) is 9.89. The van der Waals surface area contributed by atoms with Gasteiger partial charge in [-0.2, -0.15) is 0 Å². The predicted molar refractivity (Wildman–Crippen MR) is 48.5 cm³/mol. The molecule has 0 spiro atoms. The van der Waals surface area contributed by atoms with Gasteiger partial charge in [0, 0.05) is 6.54 Å². The van der Waals surface area contributed by atoms with E-state index in [1.807, 2.05) is 20.8 Å². The molecule has 1 aliphatic rings. The third-order valence-corrected chi connectivity index (χ3v) is 1.55. The predicted octanol–water partition coefficient (Wildman–Crippen LogP) is 1.68. The number of carbonyl (C=O) groups excluding carboxylic acids is 1. The highest BCUT2D eigenvalue weighted by atomic mass is 16.6. The number of aliphatic hydroxyl groups excluding tert-OH is 1. The Balaban J connectivity index is 2.43. The van der Waals surface area contributed by atoms with Crippen LogP contribution in [-0.2, 0) is 4.74 Å². The average molecular weight is 185 g/mol. The quantitative estimate of drug-likeness (QED) is 0.624. The lowest BCUT2D eigenvalue weighted by atomic mass is 10.2. The fourth-order valence-corrected chi connectivity index (χ4v) is 1.01. The zero-order valence-corrected chi connectivity index (χ0v) is 8.20. The van der Waals surface area contributed by atoms with Gasteiger partial charge in [0.05, 0.1) is 6.54 Å². The molecule has 4 nitrogen and oxygen atoms in total. The van der Waals surface area contributed by atoms with Crippen molar-refractivity contribution in [3.05, 3.63) is 11.8 Å². The molecule has 0 aromatic heterocycles. The second kappa shape index (κ2) is 3.28. The lowest BCUT2D eigenvalue weighted by molar-refractivity contribution is 0.0292. The summed E-state index contributed by atoms with van der Waals surface area (Å²) in [7, 11) is 0. The van der Waals surface area contributed by atoms with E-state index < -0.39 is 5.60 Å². The van der Waals surface area contributed by atoms with Crippen LogP contribution in [0.15, 0.2) is 11.8 Å². The standard InChI is InChI=1S/C9H15NO3/c1-9(2,3)13-8(12)10-5-4-7(11)6-10/h4,11H,5-6H2,1-3H3. The first-order valence-electron chi connectivity index (χ1n) is 4.24.